The molecule has 1 aliphatic heterocycles. The lowest BCUT2D eigenvalue weighted by atomic mass is 9.76. The van der Waals surface area contributed by atoms with Crippen molar-refractivity contribution < 1.29 is 36.9 Å². The Balaban J connectivity index is 1.46. The summed E-state index contributed by atoms with van der Waals surface area (Å²) >= 11 is 0. The van der Waals surface area contributed by atoms with E-state index in [0.29, 0.717) is 22.3 Å². The van der Waals surface area contributed by atoms with E-state index in [-0.39, 0.29) is 32.0 Å². The Morgan fingerprint density at radius 1 is 1.00 bits per heavy atom. The van der Waals surface area contributed by atoms with E-state index in [4.69, 9.17) is 14.6 Å². The van der Waals surface area contributed by atoms with Crippen LogP contribution in [0.4, 0.5) is 17.6 Å². The first-order chi connectivity index (χ1) is 15.7. The Morgan fingerprint density at radius 2 is 1.73 bits per heavy atom. The molecule has 0 radical (unpaired) electrons. The van der Waals surface area contributed by atoms with Gasteiger partial charge in [-0.2, -0.15) is 13.2 Å². The molecule has 8 heteroatoms. The number of ether oxygens (including phenoxy) is 2. The first-order valence-corrected chi connectivity index (χ1v) is 10.2. The quantitative estimate of drug-likeness (QED) is 0.451. The molecule has 3 aromatic carbocycles. The van der Waals surface area contributed by atoms with Crippen LogP contribution >= 0.6 is 0 Å². The highest BCUT2D eigenvalue weighted by molar-refractivity contribution is 5.69. The molecule has 0 aromatic heterocycles. The van der Waals surface area contributed by atoms with Gasteiger partial charge in [0.05, 0.1) is 30.6 Å². The third-order valence-electron chi connectivity index (χ3n) is 5.66. The number of hydrogen-bond donors (Lipinski definition) is 1. The van der Waals surface area contributed by atoms with E-state index in [2.05, 4.69) is 0 Å². The van der Waals surface area contributed by atoms with Crippen LogP contribution in [0.15, 0.2) is 66.7 Å². The number of carboxylic acids is 1. The van der Waals surface area contributed by atoms with Crippen LogP contribution in [0.5, 0.6) is 5.75 Å². The Bertz CT molecular complexity index is 1150. The highest BCUT2D eigenvalue weighted by Crippen LogP contribution is 2.37. The monoisotopic (exact) mass is 460 g/mol. The molecule has 4 rings (SSSR count). The van der Waals surface area contributed by atoms with Crippen molar-refractivity contribution in [1.82, 2.24) is 0 Å². The minimum Gasteiger partial charge on any atom is -0.486 e. The number of alkyl halides is 3. The molecule has 0 aliphatic carbocycles. The van der Waals surface area contributed by atoms with E-state index in [1.165, 1.54) is 24.3 Å². The fourth-order valence-corrected chi connectivity index (χ4v) is 3.81. The number of carbonyl (C=O) groups is 1. The minimum absolute atomic E-state index is 0.0180. The van der Waals surface area contributed by atoms with Gasteiger partial charge in [0.1, 0.15) is 6.61 Å². The second-order valence-corrected chi connectivity index (χ2v) is 8.05. The van der Waals surface area contributed by atoms with Gasteiger partial charge in [0.15, 0.2) is 11.6 Å². The van der Waals surface area contributed by atoms with Gasteiger partial charge in [-0.3, -0.25) is 4.79 Å². The first-order valence-electron chi connectivity index (χ1n) is 10.2. The standard InChI is InChI=1S/C25H20F4O4/c26-21-11-20(24(12-23(30)31)14-32-15-24)8-9-22(21)33-13-16-2-1-3-18(10-16)17-4-6-19(7-5-17)25(27,28)29/h1-11H,12-15H2,(H,30,31). The maximum Gasteiger partial charge on any atom is 0.416 e. The minimum atomic E-state index is -4.40. The molecular weight excluding hydrogens is 440 g/mol. The molecule has 1 saturated heterocycles. The Hall–Kier alpha value is -3.39. The van der Waals surface area contributed by atoms with Crippen LogP contribution in [0.2, 0.25) is 0 Å². The molecule has 0 atom stereocenters. The molecule has 172 valence electrons. The van der Waals surface area contributed by atoms with Crippen LogP contribution in [0.25, 0.3) is 11.1 Å². The molecule has 0 spiro atoms. The van der Waals surface area contributed by atoms with Crippen molar-refractivity contribution in [3.63, 3.8) is 0 Å². The summed E-state index contributed by atoms with van der Waals surface area (Å²) in [6, 6.07) is 16.3. The van der Waals surface area contributed by atoms with Crippen molar-refractivity contribution >= 4 is 5.97 Å². The zero-order valence-corrected chi connectivity index (χ0v) is 17.4. The summed E-state index contributed by atoms with van der Waals surface area (Å²) in [4.78, 5) is 11.2. The summed E-state index contributed by atoms with van der Waals surface area (Å²) in [5.74, 6) is -1.57. The van der Waals surface area contributed by atoms with Gasteiger partial charge in [0.2, 0.25) is 0 Å². The predicted molar refractivity (Wildman–Crippen MR) is 112 cm³/mol. The third kappa shape index (κ3) is 5.01. The fourth-order valence-electron chi connectivity index (χ4n) is 3.81. The molecule has 1 aliphatic rings. The molecular formula is C25H20F4O4. The first kappa shape index (κ1) is 22.8. The number of rotatable bonds is 7. The van der Waals surface area contributed by atoms with Gasteiger partial charge in [-0.1, -0.05) is 36.4 Å². The van der Waals surface area contributed by atoms with Crippen molar-refractivity contribution in [2.75, 3.05) is 13.2 Å². The molecule has 1 heterocycles. The Labute approximate surface area is 187 Å². The lowest BCUT2D eigenvalue weighted by molar-refractivity contribution is -0.145. The Kier molecular flexibility index (Phi) is 6.12. The maximum absolute atomic E-state index is 14.7. The van der Waals surface area contributed by atoms with E-state index < -0.39 is 28.9 Å². The molecule has 3 aromatic rings. The molecule has 1 fully saturated rings. The van der Waals surface area contributed by atoms with Crippen molar-refractivity contribution in [2.24, 2.45) is 0 Å². The Morgan fingerprint density at radius 3 is 2.30 bits per heavy atom. The van der Waals surface area contributed by atoms with Crippen LogP contribution < -0.4 is 4.74 Å². The van der Waals surface area contributed by atoms with Crippen molar-refractivity contribution in [3.05, 3.63) is 89.2 Å². The van der Waals surface area contributed by atoms with Gasteiger partial charge in [-0.05, 0) is 52.6 Å². The number of hydrogen-bond acceptors (Lipinski definition) is 3. The average molecular weight is 460 g/mol. The third-order valence-corrected chi connectivity index (χ3v) is 5.66. The summed E-state index contributed by atoms with van der Waals surface area (Å²) in [7, 11) is 0. The molecule has 0 unspecified atom stereocenters. The highest BCUT2D eigenvalue weighted by atomic mass is 19.4. The molecule has 0 amide bonds. The van der Waals surface area contributed by atoms with Crippen LogP contribution in [0.1, 0.15) is 23.1 Å². The predicted octanol–water partition coefficient (Wildman–Crippen LogP) is 5.83. The average Bonchev–Trinajstić information content (AvgIpc) is 2.75. The number of aliphatic carboxylic acids is 1. The van der Waals surface area contributed by atoms with Crippen molar-refractivity contribution in [3.8, 4) is 16.9 Å². The van der Waals surface area contributed by atoms with E-state index in [0.717, 1.165) is 12.1 Å². The van der Waals surface area contributed by atoms with Crippen molar-refractivity contribution in [1.29, 1.82) is 0 Å². The van der Waals surface area contributed by atoms with E-state index in [1.54, 1.807) is 30.3 Å². The van der Waals surface area contributed by atoms with E-state index >= 15 is 0 Å². The zero-order valence-electron chi connectivity index (χ0n) is 17.4. The second kappa shape index (κ2) is 8.86. The largest absolute Gasteiger partial charge is 0.486 e. The van der Waals surface area contributed by atoms with Crippen molar-refractivity contribution in [2.45, 2.75) is 24.6 Å². The SMILES string of the molecule is O=C(O)CC1(c2ccc(OCc3cccc(-c4ccc(C(F)(F)F)cc4)c3)c(F)c2)COC1. The highest BCUT2D eigenvalue weighted by Gasteiger charge is 2.42. The fraction of sp³-hybridized carbons (Fsp3) is 0.240. The van der Waals surface area contributed by atoms with Gasteiger partial charge < -0.3 is 14.6 Å². The normalized spacial score (nSPS) is 15.0. The van der Waals surface area contributed by atoms with E-state index in [9.17, 15) is 22.4 Å². The van der Waals surface area contributed by atoms with Gasteiger partial charge in [0.25, 0.3) is 0 Å². The number of benzene rings is 3. The summed E-state index contributed by atoms with van der Waals surface area (Å²) in [6.07, 6.45) is -4.55. The topological polar surface area (TPSA) is 55.8 Å². The molecule has 4 nitrogen and oxygen atoms in total. The lowest BCUT2D eigenvalue weighted by Gasteiger charge is -2.40. The number of halogens is 4. The van der Waals surface area contributed by atoms with Gasteiger partial charge in [-0.25, -0.2) is 4.39 Å². The molecule has 0 saturated carbocycles. The van der Waals surface area contributed by atoms with Gasteiger partial charge >= 0.3 is 12.1 Å². The summed E-state index contributed by atoms with van der Waals surface area (Å²) in [5, 5.41) is 9.14. The molecule has 0 bridgehead atoms. The van der Waals surface area contributed by atoms with Crippen LogP contribution in [0, 0.1) is 5.82 Å². The summed E-state index contributed by atoms with van der Waals surface area (Å²) in [5.41, 5.74) is 1.13. The number of carboxylic acid groups (broad SMARTS) is 1. The zero-order chi connectivity index (χ0) is 23.6. The summed E-state index contributed by atoms with van der Waals surface area (Å²) in [6.45, 7) is 0.486. The van der Waals surface area contributed by atoms with E-state index in [1.807, 2.05) is 0 Å². The van der Waals surface area contributed by atoms with Gasteiger partial charge in [0, 0.05) is 0 Å². The van der Waals surface area contributed by atoms with Crippen LogP contribution in [-0.4, -0.2) is 24.3 Å². The molecule has 1 N–H and O–H groups in total. The molecule has 33 heavy (non-hydrogen) atoms. The van der Waals surface area contributed by atoms with Gasteiger partial charge in [-0.15, -0.1) is 0 Å². The van der Waals surface area contributed by atoms with Crippen LogP contribution in [-0.2, 0) is 27.7 Å². The second-order valence-electron chi connectivity index (χ2n) is 8.05. The van der Waals surface area contributed by atoms with Crippen LogP contribution in [0.3, 0.4) is 0 Å². The smallest absolute Gasteiger partial charge is 0.416 e. The lowest BCUT2D eigenvalue weighted by Crippen LogP contribution is -2.48. The summed E-state index contributed by atoms with van der Waals surface area (Å²) < 4.78 is 63.7. The maximum atomic E-state index is 14.7.